The molecular weight excluding hydrogens is 560 g/mol. The number of nitrogens with zero attached hydrogens (tertiary/aromatic N) is 2. The Kier molecular flexibility index (Phi) is 7.18. The summed E-state index contributed by atoms with van der Waals surface area (Å²) in [4.78, 5) is 7.20. The van der Waals surface area contributed by atoms with Gasteiger partial charge in [-0.05, 0) is 82.4 Å². The summed E-state index contributed by atoms with van der Waals surface area (Å²) in [6.07, 6.45) is 0. The lowest BCUT2D eigenvalue weighted by Crippen LogP contribution is -2.09. The molecule has 0 aliphatic heterocycles. The predicted molar refractivity (Wildman–Crippen MR) is 190 cm³/mol. The van der Waals surface area contributed by atoms with Crippen LogP contribution in [0.5, 0.6) is 0 Å². The Morgan fingerprint density at radius 1 is 0.348 bits per heavy atom. The minimum absolute atomic E-state index is 0.628. The monoisotopic (exact) mass is 590 g/mol. The van der Waals surface area contributed by atoms with Gasteiger partial charge in [0.1, 0.15) is 5.52 Å². The Morgan fingerprint density at radius 2 is 0.761 bits per heavy atom. The van der Waals surface area contributed by atoms with Crippen molar-refractivity contribution in [1.29, 1.82) is 0 Å². The van der Waals surface area contributed by atoms with E-state index in [0.29, 0.717) is 5.89 Å². The lowest BCUT2D eigenvalue weighted by atomic mass is 10.0. The van der Waals surface area contributed by atoms with Crippen LogP contribution in [0.1, 0.15) is 0 Å². The molecule has 0 fully saturated rings. The van der Waals surface area contributed by atoms with Crippen molar-refractivity contribution in [3.63, 3.8) is 0 Å². The van der Waals surface area contributed by atoms with Crippen LogP contribution >= 0.6 is 0 Å². The molecule has 8 aromatic rings. The minimum atomic E-state index is 0.628. The van der Waals surface area contributed by atoms with Crippen molar-refractivity contribution in [2.45, 2.75) is 0 Å². The van der Waals surface area contributed by atoms with Gasteiger partial charge in [0, 0.05) is 28.2 Å². The highest BCUT2D eigenvalue weighted by molar-refractivity contribution is 5.93. The van der Waals surface area contributed by atoms with Crippen molar-refractivity contribution in [3.05, 3.63) is 182 Å². The highest BCUT2D eigenvalue weighted by atomic mass is 16.3. The fraction of sp³-hybridized carbons (Fsp3) is 0. The maximum atomic E-state index is 6.16. The number of benzene rings is 7. The van der Waals surface area contributed by atoms with Gasteiger partial charge in [-0.1, -0.05) is 127 Å². The van der Waals surface area contributed by atoms with E-state index in [2.05, 4.69) is 132 Å². The van der Waals surface area contributed by atoms with Gasteiger partial charge >= 0.3 is 0 Å². The van der Waals surface area contributed by atoms with Gasteiger partial charge < -0.3 is 9.32 Å². The number of hydrogen-bond donors (Lipinski definition) is 0. The Balaban J connectivity index is 1.17. The van der Waals surface area contributed by atoms with Crippen LogP contribution in [-0.2, 0) is 0 Å². The third-order valence-electron chi connectivity index (χ3n) is 8.34. The van der Waals surface area contributed by atoms with Crippen molar-refractivity contribution >= 4 is 28.2 Å². The van der Waals surface area contributed by atoms with E-state index in [9.17, 15) is 0 Å². The molecule has 0 bridgehead atoms. The molecule has 0 spiro atoms. The number of aromatic nitrogens is 1. The zero-order valence-corrected chi connectivity index (χ0v) is 25.1. The van der Waals surface area contributed by atoms with Crippen molar-refractivity contribution in [2.24, 2.45) is 0 Å². The third-order valence-corrected chi connectivity index (χ3v) is 8.34. The lowest BCUT2D eigenvalue weighted by Gasteiger charge is -2.26. The molecule has 3 heteroatoms. The Labute approximate surface area is 268 Å². The maximum Gasteiger partial charge on any atom is 0.227 e. The molecule has 0 saturated carbocycles. The van der Waals surface area contributed by atoms with Crippen LogP contribution in [0.2, 0.25) is 0 Å². The summed E-state index contributed by atoms with van der Waals surface area (Å²) in [6, 6.07) is 63.4. The molecule has 0 radical (unpaired) electrons. The van der Waals surface area contributed by atoms with E-state index in [1.165, 1.54) is 22.3 Å². The van der Waals surface area contributed by atoms with Crippen molar-refractivity contribution in [1.82, 2.24) is 4.98 Å². The summed E-state index contributed by atoms with van der Waals surface area (Å²) in [5.41, 5.74) is 12.8. The molecule has 3 nitrogen and oxygen atoms in total. The molecule has 0 amide bonds. The molecule has 1 aromatic heterocycles. The molecule has 8 rings (SSSR count). The maximum absolute atomic E-state index is 6.16. The summed E-state index contributed by atoms with van der Waals surface area (Å²) < 4.78 is 6.16. The molecule has 0 aliphatic carbocycles. The van der Waals surface area contributed by atoms with Crippen molar-refractivity contribution in [3.8, 4) is 44.8 Å². The normalized spacial score (nSPS) is 11.0. The van der Waals surface area contributed by atoms with Crippen molar-refractivity contribution in [2.75, 3.05) is 4.90 Å². The van der Waals surface area contributed by atoms with Crippen LogP contribution < -0.4 is 4.90 Å². The second kappa shape index (κ2) is 12.1. The lowest BCUT2D eigenvalue weighted by molar-refractivity contribution is 0.620. The highest BCUT2D eigenvalue weighted by Gasteiger charge is 2.16. The van der Waals surface area contributed by atoms with Crippen LogP contribution in [0, 0.1) is 0 Å². The van der Waals surface area contributed by atoms with Crippen LogP contribution in [0.4, 0.5) is 17.1 Å². The number of hydrogen-bond acceptors (Lipinski definition) is 3. The fourth-order valence-electron chi connectivity index (χ4n) is 5.99. The van der Waals surface area contributed by atoms with Crippen LogP contribution in [-0.4, -0.2) is 4.98 Å². The van der Waals surface area contributed by atoms with E-state index in [0.717, 1.165) is 44.9 Å². The molecule has 0 saturated heterocycles. The smallest absolute Gasteiger partial charge is 0.227 e. The molecule has 1 heterocycles. The van der Waals surface area contributed by atoms with E-state index < -0.39 is 0 Å². The SMILES string of the molecule is c1ccc(-c2ccc(N(c3ccc(-c4ccccc4)cc3)c3ccc(-c4cccc5oc(-c6ccccc6)nc45)cc3)cc2)cc1. The summed E-state index contributed by atoms with van der Waals surface area (Å²) in [5.74, 6) is 0.628. The first-order chi connectivity index (χ1) is 22.8. The van der Waals surface area contributed by atoms with Gasteiger partial charge in [-0.15, -0.1) is 0 Å². The van der Waals surface area contributed by atoms with E-state index >= 15 is 0 Å². The largest absolute Gasteiger partial charge is 0.436 e. The van der Waals surface area contributed by atoms with E-state index in [1.54, 1.807) is 0 Å². The van der Waals surface area contributed by atoms with Gasteiger partial charge in [0.15, 0.2) is 5.58 Å². The highest BCUT2D eigenvalue weighted by Crippen LogP contribution is 2.39. The predicted octanol–water partition coefficient (Wildman–Crippen LogP) is 12.0. The molecule has 218 valence electrons. The Hall–Kier alpha value is -6.19. The van der Waals surface area contributed by atoms with Crippen LogP contribution in [0.15, 0.2) is 186 Å². The first-order valence-electron chi connectivity index (χ1n) is 15.5. The zero-order chi connectivity index (χ0) is 30.7. The number of rotatable bonds is 7. The van der Waals surface area contributed by atoms with E-state index in [1.807, 2.05) is 54.6 Å². The van der Waals surface area contributed by atoms with Gasteiger partial charge in [0.2, 0.25) is 5.89 Å². The first-order valence-corrected chi connectivity index (χ1v) is 15.5. The Bertz CT molecular complexity index is 2120. The molecule has 7 aromatic carbocycles. The quantitative estimate of drug-likeness (QED) is 0.185. The second-order valence-corrected chi connectivity index (χ2v) is 11.2. The van der Waals surface area contributed by atoms with Gasteiger partial charge in [-0.2, -0.15) is 0 Å². The molecule has 0 aliphatic rings. The van der Waals surface area contributed by atoms with Gasteiger partial charge in [0.25, 0.3) is 0 Å². The van der Waals surface area contributed by atoms with Crippen LogP contribution in [0.25, 0.3) is 55.9 Å². The van der Waals surface area contributed by atoms with E-state index in [-0.39, 0.29) is 0 Å². The minimum Gasteiger partial charge on any atom is -0.436 e. The molecule has 0 N–H and O–H groups in total. The van der Waals surface area contributed by atoms with Gasteiger partial charge in [-0.25, -0.2) is 4.98 Å². The summed E-state index contributed by atoms with van der Waals surface area (Å²) >= 11 is 0. The molecule has 0 unspecified atom stereocenters. The summed E-state index contributed by atoms with van der Waals surface area (Å²) in [5, 5.41) is 0. The molecular formula is C43H30N2O. The standard InChI is InChI=1S/C43H30N2O/c1-4-11-31(12-5-1)33-19-25-37(26-20-33)45(38-27-21-34(22-28-38)32-13-6-2-7-14-32)39-29-23-35(24-30-39)40-17-10-18-41-42(40)44-43(46-41)36-15-8-3-9-16-36/h1-30H. The zero-order valence-electron chi connectivity index (χ0n) is 25.1. The average Bonchev–Trinajstić information content (AvgIpc) is 3.59. The fourth-order valence-corrected chi connectivity index (χ4v) is 5.99. The third kappa shape index (κ3) is 5.36. The number of para-hydroxylation sites is 1. The number of anilines is 3. The molecule has 46 heavy (non-hydrogen) atoms. The van der Waals surface area contributed by atoms with Gasteiger partial charge in [-0.3, -0.25) is 0 Å². The van der Waals surface area contributed by atoms with E-state index in [4.69, 9.17) is 9.40 Å². The summed E-state index contributed by atoms with van der Waals surface area (Å²) in [6.45, 7) is 0. The van der Waals surface area contributed by atoms with Crippen molar-refractivity contribution < 1.29 is 4.42 Å². The summed E-state index contributed by atoms with van der Waals surface area (Å²) in [7, 11) is 0. The number of fused-ring (bicyclic) bond motifs is 1. The second-order valence-electron chi connectivity index (χ2n) is 11.2. The number of oxazole rings is 1. The topological polar surface area (TPSA) is 29.3 Å². The molecule has 0 atom stereocenters. The first kappa shape index (κ1) is 27.4. The van der Waals surface area contributed by atoms with Gasteiger partial charge in [0.05, 0.1) is 0 Å². The van der Waals surface area contributed by atoms with Crippen LogP contribution in [0.3, 0.4) is 0 Å². The average molecular weight is 591 g/mol. The Morgan fingerprint density at radius 3 is 1.24 bits per heavy atom.